The molecule has 0 aliphatic heterocycles. The number of carbonyl (C=O) groups excluding carboxylic acids is 1. The van der Waals surface area contributed by atoms with Crippen molar-refractivity contribution in [3.63, 3.8) is 0 Å². The molecule has 4 aromatic rings. The van der Waals surface area contributed by atoms with Gasteiger partial charge in [-0.2, -0.15) is 0 Å². The Hall–Kier alpha value is -2.56. The summed E-state index contributed by atoms with van der Waals surface area (Å²) in [6.45, 7) is 1.61. The first-order chi connectivity index (χ1) is 14.4. The Morgan fingerprint density at radius 1 is 1.00 bits per heavy atom. The van der Waals surface area contributed by atoms with Crippen LogP contribution in [0, 0.1) is 0 Å². The molecule has 0 aliphatic rings. The van der Waals surface area contributed by atoms with E-state index in [0.29, 0.717) is 5.65 Å². The standard InChI is InChI=1S/C23H19AsBrN4O/c1-14(30)24-22-21-19(16-5-4-6-17(25)11-16)12-20(28-23(21)27-13-26-22)15-7-9-18(10-8-15)29(2)3/h4-13H,1-3H3. The van der Waals surface area contributed by atoms with Gasteiger partial charge in [-0.1, -0.05) is 0 Å². The summed E-state index contributed by atoms with van der Waals surface area (Å²) in [6, 6.07) is 18.5. The van der Waals surface area contributed by atoms with Crippen molar-refractivity contribution < 1.29 is 4.79 Å². The minimum atomic E-state index is -0.710. The summed E-state index contributed by atoms with van der Waals surface area (Å²) in [7, 11) is 4.04. The molecule has 0 N–H and O–H groups in total. The number of benzene rings is 2. The van der Waals surface area contributed by atoms with E-state index in [0.717, 1.165) is 42.4 Å². The molecule has 30 heavy (non-hydrogen) atoms. The van der Waals surface area contributed by atoms with Crippen LogP contribution in [0.4, 0.5) is 5.69 Å². The zero-order chi connectivity index (χ0) is 21.3. The predicted octanol–water partition coefficient (Wildman–Crippen LogP) is 4.06. The molecule has 0 saturated heterocycles. The summed E-state index contributed by atoms with van der Waals surface area (Å²) < 4.78 is 1.93. The number of carbonyl (C=O) groups is 1. The van der Waals surface area contributed by atoms with Gasteiger partial charge in [0.05, 0.1) is 0 Å². The van der Waals surface area contributed by atoms with Crippen LogP contribution in [-0.2, 0) is 4.79 Å². The first-order valence-corrected chi connectivity index (χ1v) is 12.0. The van der Waals surface area contributed by atoms with Crippen molar-refractivity contribution in [2.24, 2.45) is 0 Å². The zero-order valence-corrected chi connectivity index (χ0v) is 20.3. The molecule has 0 amide bonds. The Kier molecular flexibility index (Phi) is 5.98. The van der Waals surface area contributed by atoms with Gasteiger partial charge in [0.2, 0.25) is 0 Å². The summed E-state index contributed by atoms with van der Waals surface area (Å²) in [5.41, 5.74) is 5.61. The number of fused-ring (bicyclic) bond motifs is 1. The van der Waals surface area contributed by atoms with Gasteiger partial charge in [-0.25, -0.2) is 0 Å². The third-order valence-electron chi connectivity index (χ3n) is 4.66. The van der Waals surface area contributed by atoms with Crippen molar-refractivity contribution in [3.05, 3.63) is 65.4 Å². The molecule has 0 saturated carbocycles. The monoisotopic (exact) mass is 521 g/mol. The Morgan fingerprint density at radius 2 is 1.77 bits per heavy atom. The first kappa shape index (κ1) is 20.7. The molecule has 7 heteroatoms. The van der Waals surface area contributed by atoms with E-state index in [1.54, 1.807) is 6.92 Å². The number of aromatic nitrogens is 3. The molecular weight excluding hydrogens is 503 g/mol. The molecule has 0 fully saturated rings. The van der Waals surface area contributed by atoms with E-state index in [1.807, 2.05) is 26.2 Å². The van der Waals surface area contributed by atoms with Crippen LogP contribution in [0.5, 0.6) is 0 Å². The number of halogens is 1. The van der Waals surface area contributed by atoms with Crippen molar-refractivity contribution in [3.8, 4) is 22.4 Å². The second kappa shape index (κ2) is 8.66. The summed E-state index contributed by atoms with van der Waals surface area (Å²) in [4.78, 5) is 27.7. The Balaban J connectivity index is 1.97. The number of hydrogen-bond donors (Lipinski definition) is 0. The van der Waals surface area contributed by atoms with E-state index in [1.165, 1.54) is 6.33 Å². The van der Waals surface area contributed by atoms with Crippen molar-refractivity contribution in [1.82, 2.24) is 15.0 Å². The van der Waals surface area contributed by atoms with Gasteiger partial charge in [0.25, 0.3) is 0 Å². The van der Waals surface area contributed by atoms with Crippen LogP contribution in [0.2, 0.25) is 0 Å². The molecule has 2 aromatic carbocycles. The van der Waals surface area contributed by atoms with Crippen LogP contribution in [0.3, 0.4) is 0 Å². The van der Waals surface area contributed by atoms with Crippen LogP contribution < -0.4 is 9.38 Å². The van der Waals surface area contributed by atoms with Crippen molar-refractivity contribution in [2.45, 2.75) is 6.92 Å². The number of nitrogens with zero attached hydrogens (tertiary/aromatic N) is 4. The van der Waals surface area contributed by atoms with Crippen molar-refractivity contribution >= 4 is 57.5 Å². The summed E-state index contributed by atoms with van der Waals surface area (Å²) in [5.74, 6) is 0. The molecule has 0 spiro atoms. The summed E-state index contributed by atoms with van der Waals surface area (Å²) >= 11 is 2.86. The van der Waals surface area contributed by atoms with Gasteiger partial charge in [-0.3, -0.25) is 0 Å². The SMILES string of the molecule is CC(=O)[As]c1ncnc2nc(-c3ccc(N(C)C)cc3)cc(-c3cccc(Br)c3)c12. The van der Waals surface area contributed by atoms with Gasteiger partial charge in [-0.05, 0) is 0 Å². The Morgan fingerprint density at radius 3 is 2.43 bits per heavy atom. The first-order valence-electron chi connectivity index (χ1n) is 9.34. The Labute approximate surface area is 190 Å². The van der Waals surface area contributed by atoms with E-state index >= 15 is 0 Å². The van der Waals surface area contributed by atoms with E-state index in [-0.39, 0.29) is 4.57 Å². The molecule has 0 aliphatic carbocycles. The van der Waals surface area contributed by atoms with Crippen LogP contribution >= 0.6 is 15.9 Å². The molecule has 2 heterocycles. The maximum atomic E-state index is 11.9. The predicted molar refractivity (Wildman–Crippen MR) is 126 cm³/mol. The molecule has 0 bridgehead atoms. The molecule has 0 atom stereocenters. The number of rotatable bonds is 5. The fraction of sp³-hybridized carbons (Fsp3) is 0.130. The molecule has 0 unspecified atom stereocenters. The van der Waals surface area contributed by atoms with Gasteiger partial charge in [0.15, 0.2) is 0 Å². The fourth-order valence-electron chi connectivity index (χ4n) is 3.24. The molecule has 2 aromatic heterocycles. The van der Waals surface area contributed by atoms with Gasteiger partial charge < -0.3 is 0 Å². The average Bonchev–Trinajstić information content (AvgIpc) is 2.73. The maximum absolute atomic E-state index is 11.9. The van der Waals surface area contributed by atoms with Gasteiger partial charge >= 0.3 is 191 Å². The van der Waals surface area contributed by atoms with Gasteiger partial charge in [0.1, 0.15) is 0 Å². The molecule has 4 rings (SSSR count). The number of anilines is 1. The van der Waals surface area contributed by atoms with E-state index in [9.17, 15) is 4.79 Å². The van der Waals surface area contributed by atoms with Crippen LogP contribution in [0.15, 0.2) is 65.4 Å². The average molecular weight is 522 g/mol. The van der Waals surface area contributed by atoms with E-state index in [2.05, 4.69) is 73.3 Å². The Bertz CT molecular complexity index is 1240. The molecule has 1 radical (unpaired) electrons. The molecular formula is C23H19AsBrN4O. The molecule has 5 nitrogen and oxygen atoms in total. The van der Waals surface area contributed by atoms with Crippen LogP contribution in [-0.4, -0.2) is 49.4 Å². The number of hydrogen-bond acceptors (Lipinski definition) is 5. The van der Waals surface area contributed by atoms with Gasteiger partial charge in [0, 0.05) is 0 Å². The molecule has 149 valence electrons. The van der Waals surface area contributed by atoms with Crippen LogP contribution in [0.1, 0.15) is 6.92 Å². The zero-order valence-electron chi connectivity index (χ0n) is 16.8. The van der Waals surface area contributed by atoms with E-state index in [4.69, 9.17) is 4.98 Å². The van der Waals surface area contributed by atoms with Crippen LogP contribution in [0.25, 0.3) is 33.4 Å². The van der Waals surface area contributed by atoms with Gasteiger partial charge in [-0.15, -0.1) is 0 Å². The summed E-state index contributed by atoms with van der Waals surface area (Å²) in [5, 5.41) is 0.861. The number of pyridine rings is 1. The van der Waals surface area contributed by atoms with E-state index < -0.39 is 15.8 Å². The summed E-state index contributed by atoms with van der Waals surface area (Å²) in [6.07, 6.45) is 1.51. The normalized spacial score (nSPS) is 11.3. The fourth-order valence-corrected chi connectivity index (χ4v) is 5.20. The van der Waals surface area contributed by atoms with Crippen molar-refractivity contribution in [1.29, 1.82) is 0 Å². The third-order valence-corrected chi connectivity index (χ3v) is 6.97. The second-order valence-corrected chi connectivity index (χ2v) is 10.6. The minimum absolute atomic E-state index is 0.148. The third kappa shape index (κ3) is 4.30. The van der Waals surface area contributed by atoms with Crippen molar-refractivity contribution in [2.75, 3.05) is 19.0 Å². The second-order valence-electron chi connectivity index (χ2n) is 7.03. The quantitative estimate of drug-likeness (QED) is 0.370. The topological polar surface area (TPSA) is 59.0 Å².